The minimum atomic E-state index is -4.75. The summed E-state index contributed by atoms with van der Waals surface area (Å²) in [4.78, 5) is 10.2. The molecule has 0 amide bonds. The van der Waals surface area contributed by atoms with Crippen molar-refractivity contribution in [1.29, 1.82) is 0 Å². The number of unbranched alkanes of at least 4 members (excludes halogenated alkanes) is 1. The third-order valence-corrected chi connectivity index (χ3v) is 2.56. The third-order valence-electron chi connectivity index (χ3n) is 1.43. The summed E-state index contributed by atoms with van der Waals surface area (Å²) in [5.41, 5.74) is 0. The van der Waals surface area contributed by atoms with E-state index in [1.54, 1.807) is 6.92 Å². The maximum atomic E-state index is 10.3. The number of rotatable bonds is 5. The van der Waals surface area contributed by atoms with E-state index in [9.17, 15) is 22.9 Å². The van der Waals surface area contributed by atoms with Crippen LogP contribution in [0.25, 0.3) is 0 Å². The van der Waals surface area contributed by atoms with Gasteiger partial charge in [0.15, 0.2) is 0 Å². The second-order valence-electron chi connectivity index (χ2n) is 2.44. The van der Waals surface area contributed by atoms with E-state index in [1.807, 2.05) is 0 Å². The molecule has 1 atom stereocenters. The number of aliphatic carboxylic acids is 1. The van der Waals surface area contributed by atoms with E-state index >= 15 is 0 Å². The topological polar surface area (TPSA) is 97.3 Å². The Morgan fingerprint density at radius 1 is 1.36 bits per heavy atom. The molecule has 0 aromatic heterocycles. The predicted octanol–water partition coefficient (Wildman–Crippen LogP) is -7.15. The van der Waals surface area contributed by atoms with Crippen molar-refractivity contribution < 1.29 is 82.0 Å². The van der Waals surface area contributed by atoms with Crippen molar-refractivity contribution in [3.8, 4) is 0 Å². The Labute approximate surface area is 128 Å². The molecule has 0 aliphatic rings. The minimum absolute atomic E-state index is 0. The fourth-order valence-electron chi connectivity index (χ4n) is 0.770. The summed E-state index contributed by atoms with van der Waals surface area (Å²) in [6, 6.07) is 0. The molecule has 72 valence electrons. The monoisotopic (exact) mass is 240 g/mol. The molecule has 8 heteroatoms. The van der Waals surface area contributed by atoms with Crippen LogP contribution < -0.4 is 64.2 Å². The van der Waals surface area contributed by atoms with E-state index in [0.29, 0.717) is 12.8 Å². The van der Waals surface area contributed by atoms with Crippen molar-refractivity contribution in [1.82, 2.24) is 0 Å². The number of hydrogen-bond donors (Lipinski definition) is 0. The summed E-state index contributed by atoms with van der Waals surface area (Å²) in [6.45, 7) is 1.77. The molecule has 0 aromatic carbocycles. The van der Waals surface area contributed by atoms with Gasteiger partial charge in [0.1, 0.15) is 10.1 Å². The molecule has 14 heavy (non-hydrogen) atoms. The van der Waals surface area contributed by atoms with Gasteiger partial charge in [0.2, 0.25) is 0 Å². The molecule has 0 spiro atoms. The van der Waals surface area contributed by atoms with Gasteiger partial charge < -0.3 is 14.5 Å². The normalized spacial score (nSPS) is 12.1. The van der Waals surface area contributed by atoms with Crippen LogP contribution in [0.15, 0.2) is 0 Å². The van der Waals surface area contributed by atoms with Crippen LogP contribution in [0.3, 0.4) is 0 Å². The Bertz CT molecular complexity index is 251. The Morgan fingerprint density at radius 3 is 2.00 bits per heavy atom. The van der Waals surface area contributed by atoms with Crippen LogP contribution in [0, 0.1) is 0 Å². The second kappa shape index (κ2) is 9.59. The van der Waals surface area contributed by atoms with Crippen molar-refractivity contribution >= 4 is 16.1 Å². The molecule has 0 aromatic rings. The molecule has 0 heterocycles. The predicted molar refractivity (Wildman–Crippen MR) is 38.0 cm³/mol. The van der Waals surface area contributed by atoms with Crippen LogP contribution >= 0.6 is 0 Å². The number of carboxylic acid groups (broad SMARTS) is 1. The van der Waals surface area contributed by atoms with Gasteiger partial charge in [-0.25, -0.2) is 8.42 Å². The number of hydrogen-bond acceptors (Lipinski definition) is 5. The van der Waals surface area contributed by atoms with Gasteiger partial charge in [-0.05, 0) is 6.42 Å². The third kappa shape index (κ3) is 8.67. The zero-order valence-electron chi connectivity index (χ0n) is 8.65. The molecule has 0 aliphatic carbocycles. The average molecular weight is 240 g/mol. The van der Waals surface area contributed by atoms with Crippen molar-refractivity contribution in [2.24, 2.45) is 0 Å². The van der Waals surface area contributed by atoms with E-state index in [0.717, 1.165) is 0 Å². The molecule has 5 nitrogen and oxygen atoms in total. The molecule has 0 radical (unpaired) electrons. The molecule has 0 saturated heterocycles. The zero-order valence-corrected chi connectivity index (χ0v) is 13.5. The fraction of sp³-hybridized carbons (Fsp3) is 0.833. The zero-order chi connectivity index (χ0) is 9.78. The summed E-state index contributed by atoms with van der Waals surface area (Å²) in [6.07, 6.45) is 0.865. The first-order valence-corrected chi connectivity index (χ1v) is 5.02. The van der Waals surface area contributed by atoms with Gasteiger partial charge in [-0.2, -0.15) is 0 Å². The largest absolute Gasteiger partial charge is 1.00 e. The Kier molecular flexibility index (Phi) is 14.2. The van der Waals surface area contributed by atoms with Crippen LogP contribution in [-0.2, 0) is 14.9 Å². The van der Waals surface area contributed by atoms with Crippen LogP contribution in [0.2, 0.25) is 0 Å². The number of carbonyl (C=O) groups is 1. The maximum absolute atomic E-state index is 10.3. The molecule has 0 saturated carbocycles. The van der Waals surface area contributed by atoms with Crippen molar-refractivity contribution in [3.63, 3.8) is 0 Å². The summed E-state index contributed by atoms with van der Waals surface area (Å²) in [5.74, 6) is -1.81. The summed E-state index contributed by atoms with van der Waals surface area (Å²) in [7, 11) is -4.75. The molecule has 0 bridgehead atoms. The molecule has 0 aliphatic heterocycles. The Balaban J connectivity index is -0.000000605. The van der Waals surface area contributed by atoms with E-state index < -0.39 is 21.3 Å². The van der Waals surface area contributed by atoms with Gasteiger partial charge in [0.05, 0.1) is 11.2 Å². The average Bonchev–Trinajstić information content (AvgIpc) is 1.84. The van der Waals surface area contributed by atoms with Crippen molar-refractivity contribution in [2.75, 3.05) is 0 Å². The maximum Gasteiger partial charge on any atom is 1.00 e. The van der Waals surface area contributed by atoms with Gasteiger partial charge in [-0.1, -0.05) is 19.8 Å². The van der Waals surface area contributed by atoms with Gasteiger partial charge in [-0.3, -0.25) is 0 Å². The molecule has 0 rings (SSSR count). The van der Waals surface area contributed by atoms with Crippen molar-refractivity contribution in [2.45, 2.75) is 31.4 Å². The van der Waals surface area contributed by atoms with E-state index in [-0.39, 0.29) is 65.5 Å². The molecule has 0 fully saturated rings. The van der Waals surface area contributed by atoms with Crippen LogP contribution in [0.1, 0.15) is 26.2 Å². The quantitative estimate of drug-likeness (QED) is 0.351. The summed E-state index contributed by atoms with van der Waals surface area (Å²) < 4.78 is 30.9. The smallest absolute Gasteiger partial charge is 0.747 e. The van der Waals surface area contributed by atoms with E-state index in [2.05, 4.69) is 0 Å². The van der Waals surface area contributed by atoms with Gasteiger partial charge in [-0.15, -0.1) is 0 Å². The standard InChI is InChI=1S/C6H12O5S.2Na/c1-2-3-4-5(6(7)8)12(9,10)11;;/h5H,2-4H2,1H3,(H,7,8)(H,9,10,11);;/q;2*+1/p-2/t5-;;/m1../s1. The van der Waals surface area contributed by atoms with Crippen LogP contribution in [-0.4, -0.2) is 24.2 Å². The minimum Gasteiger partial charge on any atom is -0.747 e. The van der Waals surface area contributed by atoms with Crippen molar-refractivity contribution in [3.05, 3.63) is 0 Å². The van der Waals surface area contributed by atoms with Gasteiger partial charge in [0, 0.05) is 0 Å². The first-order valence-electron chi connectivity index (χ1n) is 3.55. The van der Waals surface area contributed by atoms with Crippen LogP contribution in [0.5, 0.6) is 0 Å². The molecule has 0 unspecified atom stereocenters. The van der Waals surface area contributed by atoms with E-state index in [4.69, 9.17) is 0 Å². The number of carbonyl (C=O) groups excluding carboxylic acids is 1. The molecule has 0 N–H and O–H groups in total. The SMILES string of the molecule is CCCC[C@H](C(=O)[O-])S(=O)(=O)[O-].[Na+].[Na+]. The van der Waals surface area contributed by atoms with Crippen LogP contribution in [0.4, 0.5) is 0 Å². The Hall–Kier alpha value is 1.38. The Morgan fingerprint density at radius 2 is 1.79 bits per heavy atom. The van der Waals surface area contributed by atoms with Gasteiger partial charge >= 0.3 is 59.1 Å². The van der Waals surface area contributed by atoms with Gasteiger partial charge in [0.25, 0.3) is 0 Å². The molecular formula is C6H10Na2O5S. The first-order chi connectivity index (χ1) is 5.39. The first kappa shape index (κ1) is 20.8. The second-order valence-corrected chi connectivity index (χ2v) is 4.00. The summed E-state index contributed by atoms with van der Waals surface area (Å²) >= 11 is 0. The number of carboxylic acids is 1. The summed E-state index contributed by atoms with van der Waals surface area (Å²) in [5, 5.41) is 8.27. The molecular weight excluding hydrogens is 230 g/mol. The fourth-order valence-corrected chi connectivity index (χ4v) is 1.46. The van der Waals surface area contributed by atoms with E-state index in [1.165, 1.54) is 0 Å².